The van der Waals surface area contributed by atoms with Crippen LogP contribution < -0.4 is 5.73 Å². The van der Waals surface area contributed by atoms with E-state index in [-0.39, 0.29) is 0 Å². The van der Waals surface area contributed by atoms with Crippen molar-refractivity contribution in [2.24, 2.45) is 5.73 Å². The van der Waals surface area contributed by atoms with Gasteiger partial charge in [-0.1, -0.05) is 13.2 Å². The first-order chi connectivity index (χ1) is 6.78. The highest BCUT2D eigenvalue weighted by atomic mass is 16.1. The summed E-state index contributed by atoms with van der Waals surface area (Å²) in [7, 11) is 0. The Balaban J connectivity index is 5.34. The Morgan fingerprint density at radius 2 is 1.33 bits per heavy atom. The van der Waals surface area contributed by atoms with Gasteiger partial charge in [0.2, 0.25) is 0 Å². The van der Waals surface area contributed by atoms with E-state index in [1.165, 1.54) is 0 Å². The molecule has 0 rings (SSSR count). The number of carbonyl (C=O) groups excluding carboxylic acids is 2. The highest BCUT2D eigenvalue weighted by Crippen LogP contribution is 2.28. The zero-order chi connectivity index (χ0) is 12.2. The highest BCUT2D eigenvalue weighted by molar-refractivity contribution is 5.67. The quantitative estimate of drug-likeness (QED) is 0.557. The molecule has 3 nitrogen and oxygen atoms in total. The lowest BCUT2D eigenvalue weighted by Gasteiger charge is -2.28. The minimum absolute atomic E-state index is 0.319. The molecule has 0 aliphatic heterocycles. The summed E-state index contributed by atoms with van der Waals surface area (Å²) in [6.07, 6.45) is 0. The number of hydrogen-bond acceptors (Lipinski definition) is 3. The van der Waals surface area contributed by atoms with Gasteiger partial charge in [-0.3, -0.25) is 0 Å². The smallest absolute Gasteiger partial charge is 0.127 e. The maximum atomic E-state index is 10.5. The molecule has 0 atom stereocenters. The zero-order valence-electron chi connectivity index (χ0n) is 9.31. The summed E-state index contributed by atoms with van der Waals surface area (Å²) in [4.78, 5) is 20.9. The van der Waals surface area contributed by atoms with E-state index in [1.807, 2.05) is 0 Å². The zero-order valence-corrected chi connectivity index (χ0v) is 9.31. The molecule has 80 valence electrons. The van der Waals surface area contributed by atoms with E-state index in [9.17, 15) is 9.59 Å². The number of rotatable bonds is 4. The second-order valence-electron chi connectivity index (χ2n) is 3.61. The molecule has 0 aliphatic carbocycles. The summed E-state index contributed by atoms with van der Waals surface area (Å²) in [6, 6.07) is 0. The fourth-order valence-electron chi connectivity index (χ4n) is 1.08. The minimum atomic E-state index is -1.02. The predicted octanol–water partition coefficient (Wildman–Crippen LogP) is 1.37. The van der Waals surface area contributed by atoms with Gasteiger partial charge in [-0.05, 0) is 31.9 Å². The van der Waals surface area contributed by atoms with Crippen molar-refractivity contribution in [1.29, 1.82) is 0 Å². The molecular weight excluding hydrogens is 190 g/mol. The van der Waals surface area contributed by atoms with Crippen LogP contribution in [0.25, 0.3) is 0 Å². The number of nitrogens with two attached hydrogens (primary N) is 1. The maximum absolute atomic E-state index is 10.5. The van der Waals surface area contributed by atoms with Gasteiger partial charge in [-0.25, -0.2) is 9.59 Å². The molecule has 0 aliphatic rings. The highest BCUT2D eigenvalue weighted by Gasteiger charge is 2.28. The van der Waals surface area contributed by atoms with Gasteiger partial charge >= 0.3 is 0 Å². The first-order valence-electron chi connectivity index (χ1n) is 4.40. The van der Waals surface area contributed by atoms with Crippen LogP contribution >= 0.6 is 0 Å². The topological polar surface area (TPSA) is 60.2 Å². The van der Waals surface area contributed by atoms with E-state index in [0.29, 0.717) is 22.3 Å². The fourth-order valence-corrected chi connectivity index (χ4v) is 1.08. The summed E-state index contributed by atoms with van der Waals surface area (Å²) >= 11 is 0. The molecule has 0 saturated carbocycles. The number of hydrogen-bond donors (Lipinski definition) is 1. The summed E-state index contributed by atoms with van der Waals surface area (Å²) in [5.74, 6) is 3.44. The molecule has 2 N–H and O–H groups in total. The van der Waals surface area contributed by atoms with E-state index < -0.39 is 5.54 Å². The largest absolute Gasteiger partial charge is 0.318 e. The lowest BCUT2D eigenvalue weighted by molar-refractivity contribution is 0.564. The predicted molar refractivity (Wildman–Crippen MR) is 60.6 cm³/mol. The first-order valence-corrected chi connectivity index (χ1v) is 4.40. The molecule has 0 aromatic carbocycles. The molecule has 0 unspecified atom stereocenters. The molecule has 0 amide bonds. The standard InChI is InChI=1S/C12H15NO2/c1-8(6-14)10(3)12(5,13)11(4)9(2)7-15/h3-4,13H2,1-2,5H3. The first kappa shape index (κ1) is 13.3. The van der Waals surface area contributed by atoms with E-state index in [4.69, 9.17) is 5.73 Å². The van der Waals surface area contributed by atoms with Gasteiger partial charge in [0.15, 0.2) is 0 Å². The molecular formula is C12H15NO2. The second kappa shape index (κ2) is 4.72. The molecule has 15 heavy (non-hydrogen) atoms. The molecule has 0 aromatic heterocycles. The third-order valence-corrected chi connectivity index (χ3v) is 2.47. The van der Waals surface area contributed by atoms with Crippen molar-refractivity contribution in [1.82, 2.24) is 0 Å². The van der Waals surface area contributed by atoms with Gasteiger partial charge in [0.25, 0.3) is 0 Å². The SMILES string of the molecule is C=C(C(C)=C=O)C(C)(N)C(=C)C(C)=C=O. The maximum Gasteiger partial charge on any atom is 0.127 e. The van der Waals surface area contributed by atoms with E-state index in [1.54, 1.807) is 32.7 Å². The van der Waals surface area contributed by atoms with Gasteiger partial charge in [0, 0.05) is 11.1 Å². The Bertz CT molecular complexity index is 365. The van der Waals surface area contributed by atoms with Gasteiger partial charge in [-0.15, -0.1) is 0 Å². The van der Waals surface area contributed by atoms with Crippen LogP contribution in [0.5, 0.6) is 0 Å². The molecule has 3 heteroatoms. The van der Waals surface area contributed by atoms with Crippen molar-refractivity contribution in [2.75, 3.05) is 0 Å². The van der Waals surface area contributed by atoms with Crippen LogP contribution in [0.3, 0.4) is 0 Å². The van der Waals surface area contributed by atoms with Crippen LogP contribution in [0.2, 0.25) is 0 Å². The molecule has 0 aromatic rings. The van der Waals surface area contributed by atoms with Gasteiger partial charge in [0.05, 0.1) is 5.54 Å². The van der Waals surface area contributed by atoms with E-state index in [2.05, 4.69) is 13.2 Å². The van der Waals surface area contributed by atoms with Crippen molar-refractivity contribution in [2.45, 2.75) is 26.3 Å². The molecule has 0 spiro atoms. The van der Waals surface area contributed by atoms with Crippen LogP contribution in [0, 0.1) is 0 Å². The molecule has 0 saturated heterocycles. The molecule has 0 bridgehead atoms. The summed E-state index contributed by atoms with van der Waals surface area (Å²) < 4.78 is 0. The molecule has 0 heterocycles. The lowest BCUT2D eigenvalue weighted by Crippen LogP contribution is -2.40. The van der Waals surface area contributed by atoms with Crippen LogP contribution in [-0.4, -0.2) is 17.4 Å². The Labute approximate surface area is 89.7 Å². The Kier molecular flexibility index (Phi) is 4.20. The van der Waals surface area contributed by atoms with Crippen LogP contribution in [0.4, 0.5) is 0 Å². The van der Waals surface area contributed by atoms with Crippen LogP contribution in [-0.2, 0) is 9.59 Å². The minimum Gasteiger partial charge on any atom is -0.318 e. The Morgan fingerprint density at radius 3 is 1.53 bits per heavy atom. The van der Waals surface area contributed by atoms with Crippen LogP contribution in [0.15, 0.2) is 35.5 Å². The average molecular weight is 205 g/mol. The normalized spacial score (nSPS) is 13.1. The third kappa shape index (κ3) is 2.64. The van der Waals surface area contributed by atoms with E-state index in [0.717, 1.165) is 0 Å². The third-order valence-electron chi connectivity index (χ3n) is 2.47. The van der Waals surface area contributed by atoms with Crippen LogP contribution in [0.1, 0.15) is 20.8 Å². The van der Waals surface area contributed by atoms with Gasteiger partial charge < -0.3 is 5.73 Å². The fraction of sp³-hybridized carbons (Fsp3) is 0.333. The summed E-state index contributed by atoms with van der Waals surface area (Å²) in [5.41, 5.74) is 6.37. The van der Waals surface area contributed by atoms with Gasteiger partial charge in [-0.2, -0.15) is 0 Å². The monoisotopic (exact) mass is 205 g/mol. The van der Waals surface area contributed by atoms with Crippen molar-refractivity contribution < 1.29 is 9.59 Å². The van der Waals surface area contributed by atoms with Crippen molar-refractivity contribution in [3.05, 3.63) is 35.5 Å². The van der Waals surface area contributed by atoms with Crippen molar-refractivity contribution >= 4 is 11.9 Å². The van der Waals surface area contributed by atoms with Gasteiger partial charge in [0.1, 0.15) is 11.9 Å². The lowest BCUT2D eigenvalue weighted by atomic mass is 9.81. The molecule has 0 radical (unpaired) electrons. The van der Waals surface area contributed by atoms with E-state index >= 15 is 0 Å². The molecule has 0 fully saturated rings. The second-order valence-corrected chi connectivity index (χ2v) is 3.61. The average Bonchev–Trinajstić information content (AvgIpc) is 2.24. The Hall–Kier alpha value is -1.66. The summed E-state index contributed by atoms with van der Waals surface area (Å²) in [6.45, 7) is 12.2. The van der Waals surface area contributed by atoms with Crippen molar-refractivity contribution in [3.63, 3.8) is 0 Å². The van der Waals surface area contributed by atoms with Crippen molar-refractivity contribution in [3.8, 4) is 0 Å². The Morgan fingerprint density at radius 1 is 1.07 bits per heavy atom. The summed E-state index contributed by atoms with van der Waals surface area (Å²) in [5, 5.41) is 0.